The van der Waals surface area contributed by atoms with Gasteiger partial charge in [0.1, 0.15) is 5.76 Å². The van der Waals surface area contributed by atoms with Crippen LogP contribution in [0.25, 0.3) is 0 Å². The van der Waals surface area contributed by atoms with E-state index in [1.54, 1.807) is 7.05 Å². The highest BCUT2D eigenvalue weighted by Crippen LogP contribution is 2.10. The fourth-order valence-corrected chi connectivity index (χ4v) is 2.23. The average molecular weight is 471 g/mol. The Labute approximate surface area is 171 Å². The standard InChI is InChI=1S/C18H25N5O2.HI/c1-5-14-7-6-8-15(9-14)23-16(24)10-20-18(19-4)21-11-17-22-12(2)13(3)25-17;/h6-9H,5,10-11H2,1-4H3,(H,23,24)(H2,19,20,21);1H. The molecule has 3 N–H and O–H groups in total. The molecule has 0 aliphatic rings. The zero-order chi connectivity index (χ0) is 18.2. The Kier molecular flexibility index (Phi) is 9.11. The van der Waals surface area contributed by atoms with Gasteiger partial charge in [-0.25, -0.2) is 4.98 Å². The Balaban J connectivity index is 0.00000338. The Morgan fingerprint density at radius 1 is 1.27 bits per heavy atom. The van der Waals surface area contributed by atoms with Gasteiger partial charge in [-0.2, -0.15) is 0 Å². The van der Waals surface area contributed by atoms with Crippen molar-refractivity contribution in [3.8, 4) is 0 Å². The first-order chi connectivity index (χ1) is 12.0. The molecule has 2 aromatic rings. The topological polar surface area (TPSA) is 91.5 Å². The first-order valence-corrected chi connectivity index (χ1v) is 8.28. The van der Waals surface area contributed by atoms with Crippen molar-refractivity contribution in [1.29, 1.82) is 0 Å². The predicted molar refractivity (Wildman–Crippen MR) is 114 cm³/mol. The van der Waals surface area contributed by atoms with E-state index in [1.807, 2.05) is 38.1 Å². The smallest absolute Gasteiger partial charge is 0.243 e. The molecule has 8 heteroatoms. The number of oxazole rings is 1. The summed E-state index contributed by atoms with van der Waals surface area (Å²) in [4.78, 5) is 20.4. The maximum atomic E-state index is 12.1. The Morgan fingerprint density at radius 2 is 2.04 bits per heavy atom. The molecule has 0 atom stereocenters. The number of hydrogen-bond donors (Lipinski definition) is 3. The van der Waals surface area contributed by atoms with Crippen molar-refractivity contribution in [3.05, 3.63) is 47.2 Å². The Morgan fingerprint density at radius 3 is 2.65 bits per heavy atom. The number of nitrogens with one attached hydrogen (secondary N) is 3. The number of carbonyl (C=O) groups is 1. The molecular formula is C18H26IN5O2. The van der Waals surface area contributed by atoms with Gasteiger partial charge in [0.15, 0.2) is 5.96 Å². The number of halogens is 1. The summed E-state index contributed by atoms with van der Waals surface area (Å²) in [5, 5.41) is 8.90. The SMILES string of the molecule is CCc1cccc(NC(=O)CNC(=NC)NCc2nc(C)c(C)o2)c1.I. The van der Waals surface area contributed by atoms with Gasteiger partial charge in [-0.3, -0.25) is 9.79 Å². The molecule has 7 nitrogen and oxygen atoms in total. The van der Waals surface area contributed by atoms with Gasteiger partial charge in [0.05, 0.1) is 18.8 Å². The van der Waals surface area contributed by atoms with Gasteiger partial charge in [-0.1, -0.05) is 19.1 Å². The van der Waals surface area contributed by atoms with Crippen LogP contribution in [0.15, 0.2) is 33.7 Å². The number of benzene rings is 1. The lowest BCUT2D eigenvalue weighted by Crippen LogP contribution is -2.41. The van der Waals surface area contributed by atoms with Crippen LogP contribution >= 0.6 is 24.0 Å². The summed E-state index contributed by atoms with van der Waals surface area (Å²) in [6.45, 7) is 6.35. The highest BCUT2D eigenvalue weighted by atomic mass is 127. The third-order valence-corrected chi connectivity index (χ3v) is 3.74. The lowest BCUT2D eigenvalue weighted by atomic mass is 10.1. The van der Waals surface area contributed by atoms with Crippen LogP contribution < -0.4 is 16.0 Å². The molecule has 0 unspecified atom stereocenters. The monoisotopic (exact) mass is 471 g/mol. The molecule has 2 rings (SSSR count). The highest BCUT2D eigenvalue weighted by molar-refractivity contribution is 14.0. The van der Waals surface area contributed by atoms with Crippen molar-refractivity contribution in [2.24, 2.45) is 4.99 Å². The van der Waals surface area contributed by atoms with E-state index in [-0.39, 0.29) is 36.4 Å². The Bertz CT molecular complexity index is 738. The number of aromatic nitrogens is 1. The summed E-state index contributed by atoms with van der Waals surface area (Å²) < 4.78 is 5.50. The second-order valence-electron chi connectivity index (χ2n) is 5.63. The number of hydrogen-bond acceptors (Lipinski definition) is 4. The quantitative estimate of drug-likeness (QED) is 0.343. The van der Waals surface area contributed by atoms with Crippen molar-refractivity contribution < 1.29 is 9.21 Å². The summed E-state index contributed by atoms with van der Waals surface area (Å²) in [7, 11) is 1.64. The first kappa shape index (κ1) is 21.9. The lowest BCUT2D eigenvalue weighted by molar-refractivity contribution is -0.115. The first-order valence-electron chi connectivity index (χ1n) is 8.28. The van der Waals surface area contributed by atoms with Gasteiger partial charge in [-0.15, -0.1) is 24.0 Å². The van der Waals surface area contributed by atoms with Crippen LogP contribution in [-0.2, 0) is 17.8 Å². The molecule has 0 aliphatic carbocycles. The third kappa shape index (κ3) is 6.66. The third-order valence-electron chi connectivity index (χ3n) is 3.74. The van der Waals surface area contributed by atoms with Gasteiger partial charge in [-0.05, 0) is 38.0 Å². The molecule has 1 aromatic carbocycles. The van der Waals surface area contributed by atoms with E-state index >= 15 is 0 Å². The van der Waals surface area contributed by atoms with Crippen molar-refractivity contribution >= 4 is 41.5 Å². The van der Waals surface area contributed by atoms with Crippen LogP contribution in [0.1, 0.15) is 29.8 Å². The van der Waals surface area contributed by atoms with Crippen LogP contribution in [0.3, 0.4) is 0 Å². The summed E-state index contributed by atoms with van der Waals surface area (Å²) >= 11 is 0. The number of carbonyl (C=O) groups excluding carboxylic acids is 1. The summed E-state index contributed by atoms with van der Waals surface area (Å²) in [6.07, 6.45) is 0.929. The van der Waals surface area contributed by atoms with Crippen molar-refractivity contribution in [2.45, 2.75) is 33.7 Å². The molecule has 0 saturated heterocycles. The largest absolute Gasteiger partial charge is 0.444 e. The van der Waals surface area contributed by atoms with Gasteiger partial charge in [0, 0.05) is 12.7 Å². The molecule has 0 bridgehead atoms. The van der Waals surface area contributed by atoms with Crippen molar-refractivity contribution in [1.82, 2.24) is 15.6 Å². The minimum atomic E-state index is -0.140. The van der Waals surface area contributed by atoms with E-state index in [9.17, 15) is 4.79 Å². The number of amides is 1. The van der Waals surface area contributed by atoms with Gasteiger partial charge >= 0.3 is 0 Å². The van der Waals surface area contributed by atoms with Crippen LogP contribution in [0.4, 0.5) is 5.69 Å². The second kappa shape index (κ2) is 10.8. The number of aryl methyl sites for hydroxylation is 3. The van der Waals surface area contributed by atoms with Crippen LogP contribution in [0.5, 0.6) is 0 Å². The normalized spacial score (nSPS) is 10.8. The van der Waals surface area contributed by atoms with E-state index in [0.29, 0.717) is 18.4 Å². The number of nitrogens with zero attached hydrogens (tertiary/aromatic N) is 2. The molecule has 142 valence electrons. The number of anilines is 1. The van der Waals surface area contributed by atoms with E-state index in [2.05, 4.69) is 32.9 Å². The lowest BCUT2D eigenvalue weighted by Gasteiger charge is -2.11. The molecule has 1 heterocycles. The predicted octanol–water partition coefficient (Wildman–Crippen LogP) is 2.78. The fourth-order valence-electron chi connectivity index (χ4n) is 2.23. The fraction of sp³-hybridized carbons (Fsp3) is 0.389. The molecule has 1 amide bonds. The summed E-state index contributed by atoms with van der Waals surface area (Å²) in [6, 6.07) is 7.81. The van der Waals surface area contributed by atoms with Crippen molar-refractivity contribution in [3.63, 3.8) is 0 Å². The minimum Gasteiger partial charge on any atom is -0.444 e. The second-order valence-corrected chi connectivity index (χ2v) is 5.63. The molecule has 26 heavy (non-hydrogen) atoms. The van der Waals surface area contributed by atoms with Gasteiger partial charge < -0.3 is 20.4 Å². The maximum absolute atomic E-state index is 12.1. The molecule has 0 fully saturated rings. The van der Waals surface area contributed by atoms with E-state index in [1.165, 1.54) is 5.56 Å². The summed E-state index contributed by atoms with van der Waals surface area (Å²) in [5.74, 6) is 1.75. The van der Waals surface area contributed by atoms with Crippen LogP contribution in [0.2, 0.25) is 0 Å². The molecular weight excluding hydrogens is 445 g/mol. The van der Waals surface area contributed by atoms with Crippen LogP contribution in [-0.4, -0.2) is 30.4 Å². The van der Waals surface area contributed by atoms with Gasteiger partial charge in [0.2, 0.25) is 11.8 Å². The number of rotatable bonds is 6. The average Bonchev–Trinajstić information content (AvgIpc) is 2.93. The molecule has 0 aliphatic heterocycles. The van der Waals surface area contributed by atoms with Crippen molar-refractivity contribution in [2.75, 3.05) is 18.9 Å². The molecule has 0 spiro atoms. The minimum absolute atomic E-state index is 0. The van der Waals surface area contributed by atoms with Gasteiger partial charge in [0.25, 0.3) is 0 Å². The summed E-state index contributed by atoms with van der Waals surface area (Å²) in [5.41, 5.74) is 2.84. The maximum Gasteiger partial charge on any atom is 0.243 e. The number of aliphatic imine (C=N–C) groups is 1. The van der Waals surface area contributed by atoms with Crippen LogP contribution in [0, 0.1) is 13.8 Å². The molecule has 1 aromatic heterocycles. The molecule has 0 radical (unpaired) electrons. The van der Waals surface area contributed by atoms with E-state index in [0.717, 1.165) is 23.6 Å². The Hall–Kier alpha value is -2.10. The van der Waals surface area contributed by atoms with E-state index < -0.39 is 0 Å². The number of guanidine groups is 1. The zero-order valence-electron chi connectivity index (χ0n) is 15.5. The molecule has 0 saturated carbocycles. The highest BCUT2D eigenvalue weighted by Gasteiger charge is 2.08. The zero-order valence-corrected chi connectivity index (χ0v) is 17.9. The van der Waals surface area contributed by atoms with E-state index in [4.69, 9.17) is 4.42 Å².